The van der Waals surface area contributed by atoms with E-state index in [1.165, 1.54) is 0 Å². The van der Waals surface area contributed by atoms with E-state index in [-0.39, 0.29) is 44.4 Å². The zero-order chi connectivity index (χ0) is 6.57. The third kappa shape index (κ3) is 6.41. The van der Waals surface area contributed by atoms with Gasteiger partial charge in [-0.05, 0) is 0 Å². The Morgan fingerprint density at radius 3 is 2.22 bits per heavy atom. The van der Waals surface area contributed by atoms with Crippen molar-refractivity contribution < 1.29 is 37.3 Å². The van der Waals surface area contributed by atoms with Crippen LogP contribution in [0.2, 0.25) is 0 Å². The molecule has 0 radical (unpaired) electrons. The van der Waals surface area contributed by atoms with Crippen LogP contribution in [0.4, 0.5) is 0 Å². The third-order valence-electron chi connectivity index (χ3n) is 0.811. The molecule has 0 saturated heterocycles. The molecule has 0 aromatic carbocycles. The van der Waals surface area contributed by atoms with Gasteiger partial charge in [-0.25, -0.2) is 6.54 Å². The normalized spacial score (nSPS) is 8.44. The number of carbonyl (C=O) groups excluding carboxylic acids is 1. The van der Waals surface area contributed by atoms with Crippen molar-refractivity contribution in [3.05, 3.63) is 6.54 Å². The van der Waals surface area contributed by atoms with Crippen LogP contribution in [0.5, 0.6) is 0 Å². The first-order chi connectivity index (χ1) is 3.68. The summed E-state index contributed by atoms with van der Waals surface area (Å²) < 4.78 is 0. The summed E-state index contributed by atoms with van der Waals surface area (Å²) in [7, 11) is 0. The summed E-state index contributed by atoms with van der Waals surface area (Å²) in [6.45, 7) is 7.15. The van der Waals surface area contributed by atoms with Crippen molar-refractivity contribution in [3.8, 4) is 0 Å². The van der Waals surface area contributed by atoms with Gasteiger partial charge >= 0.3 is 0 Å². The molecule has 1 N–H and O–H groups in total. The molecule has 0 fully saturated rings. The van der Waals surface area contributed by atoms with E-state index in [0.29, 0.717) is 0 Å². The second-order valence-electron chi connectivity index (χ2n) is 1.95. The molecule has 0 saturated carbocycles. The number of carbonyl (C=O) groups is 1. The van der Waals surface area contributed by atoms with Crippen LogP contribution in [0.15, 0.2) is 0 Å². The maximum atomic E-state index is 10.6. The summed E-state index contributed by atoms with van der Waals surface area (Å²) >= 11 is 0. The number of hydrogen-bond donors (Lipinski definition) is 1. The Bertz CT molecular complexity index is 87.8. The van der Waals surface area contributed by atoms with Gasteiger partial charge < -0.3 is 5.32 Å². The van der Waals surface area contributed by atoms with Crippen LogP contribution < -0.4 is 5.32 Å². The van der Waals surface area contributed by atoms with E-state index >= 15 is 0 Å². The van der Waals surface area contributed by atoms with E-state index < -0.39 is 0 Å². The van der Waals surface area contributed by atoms with Crippen molar-refractivity contribution in [3.63, 3.8) is 0 Å². The average Bonchev–Trinajstić information content (AvgIpc) is 1.67. The summed E-state index contributed by atoms with van der Waals surface area (Å²) in [4.78, 5) is 10.6. The van der Waals surface area contributed by atoms with Gasteiger partial charge in [-0.15, -0.1) is 0 Å². The minimum absolute atomic E-state index is 0. The van der Waals surface area contributed by atoms with Crippen molar-refractivity contribution in [2.24, 2.45) is 5.92 Å². The molecule has 0 aromatic rings. The smallest absolute Gasteiger partial charge is 0.193 e. The minimum atomic E-state index is 0. The molecule has 0 heterocycles. The van der Waals surface area contributed by atoms with Gasteiger partial charge in [0.05, 0.1) is 0 Å². The van der Waals surface area contributed by atoms with E-state index in [2.05, 4.69) is 5.32 Å². The second kappa shape index (κ2) is 6.64. The van der Waals surface area contributed by atoms with Gasteiger partial charge in [0.2, 0.25) is 0 Å². The Hall–Kier alpha value is 0.522. The van der Waals surface area contributed by atoms with Gasteiger partial charge in [0.25, 0.3) is 0 Å². The third-order valence-corrected chi connectivity index (χ3v) is 0.811. The topological polar surface area (TPSA) is 29.1 Å². The maximum Gasteiger partial charge on any atom is 0.193 e. The summed E-state index contributed by atoms with van der Waals surface area (Å²) in [5.41, 5.74) is 0. The first kappa shape index (κ1) is 12.2. The summed E-state index contributed by atoms with van der Waals surface area (Å²) in [5.74, 6) is 0.165. The quantitative estimate of drug-likeness (QED) is 0.742. The number of rotatable bonds is 2. The predicted molar refractivity (Wildman–Crippen MR) is 35.1 cm³/mol. The Morgan fingerprint density at radius 2 is 2.11 bits per heavy atom. The van der Waals surface area contributed by atoms with Crippen molar-refractivity contribution in [2.45, 2.75) is 20.8 Å². The zero-order valence-electron chi connectivity index (χ0n) is 6.06. The van der Waals surface area contributed by atoms with Crippen LogP contribution in [-0.4, -0.2) is 5.91 Å². The molecule has 0 aliphatic carbocycles. The molecule has 0 atom stereocenters. The molecule has 0 aliphatic heterocycles. The fourth-order valence-corrected chi connectivity index (χ4v) is 0.309. The van der Waals surface area contributed by atoms with Crippen molar-refractivity contribution >= 4 is 5.91 Å². The van der Waals surface area contributed by atoms with Gasteiger partial charge in [-0.2, -0.15) is 6.92 Å². The molecule has 3 heteroatoms. The monoisotopic (exact) mass is 354 g/mol. The number of nitrogens with one attached hydrogen (secondary N) is 1. The van der Waals surface area contributed by atoms with Crippen molar-refractivity contribution in [1.29, 1.82) is 0 Å². The Morgan fingerprint density at radius 1 is 1.67 bits per heavy atom. The van der Waals surface area contributed by atoms with E-state index in [1.807, 2.05) is 13.8 Å². The molecular weight excluding hydrogens is 340 g/mol. The van der Waals surface area contributed by atoms with Gasteiger partial charge in [-0.1, -0.05) is 13.8 Å². The van der Waals surface area contributed by atoms with Gasteiger partial charge in [0.15, 0.2) is 5.91 Å². The molecule has 0 aromatic heterocycles. The number of amides is 1. The minimum Gasteiger partial charge on any atom is -0.506 e. The van der Waals surface area contributed by atoms with E-state index in [9.17, 15) is 4.79 Å². The Kier molecular flexibility index (Phi) is 9.02. The van der Waals surface area contributed by atoms with Gasteiger partial charge in [0, 0.05) is 38.5 Å². The molecule has 1 amide bonds. The number of hydrogen-bond acceptors (Lipinski definition) is 1. The van der Waals surface area contributed by atoms with E-state index in [4.69, 9.17) is 0 Å². The van der Waals surface area contributed by atoms with Crippen LogP contribution in [-0.2, 0) is 4.79 Å². The molecule has 9 heavy (non-hydrogen) atoms. The molecule has 0 rings (SSSR count). The standard InChI is InChI=1S/C6H12NO.U.H2/c1-4-7-6(8)5(2)3;;/h4-5H,1-3H3,(H,7,8);;1H/q-1;;. The Labute approximate surface area is 81.6 Å². The Balaban J connectivity index is -0.000000245. The van der Waals surface area contributed by atoms with Crippen LogP contribution >= 0.6 is 0 Å². The van der Waals surface area contributed by atoms with E-state index in [1.54, 1.807) is 13.5 Å². The summed E-state index contributed by atoms with van der Waals surface area (Å²) in [6, 6.07) is 0. The first-order valence-corrected chi connectivity index (χ1v) is 2.76. The molecule has 0 aliphatic rings. The second-order valence-corrected chi connectivity index (χ2v) is 1.95. The van der Waals surface area contributed by atoms with Crippen LogP contribution in [0.3, 0.4) is 0 Å². The first-order valence-electron chi connectivity index (χ1n) is 2.76. The average molecular weight is 354 g/mol. The fraction of sp³-hybridized carbons (Fsp3) is 0.667. The zero-order valence-corrected chi connectivity index (χ0v) is 10.2. The van der Waals surface area contributed by atoms with E-state index in [0.717, 1.165) is 0 Å². The largest absolute Gasteiger partial charge is 0.506 e. The predicted octanol–water partition coefficient (Wildman–Crippen LogP) is 1.19. The van der Waals surface area contributed by atoms with Crippen molar-refractivity contribution in [1.82, 2.24) is 5.32 Å². The maximum absolute atomic E-state index is 10.6. The van der Waals surface area contributed by atoms with Crippen LogP contribution in [0, 0.1) is 43.6 Å². The molecule has 0 unspecified atom stereocenters. The molecule has 0 spiro atoms. The summed E-state index contributed by atoms with van der Waals surface area (Å²) in [6.07, 6.45) is 0. The SMILES string of the molecule is C[CH-]NC(=O)C(C)C.[HH].[U]. The van der Waals surface area contributed by atoms with Crippen molar-refractivity contribution in [2.75, 3.05) is 0 Å². The molecular formula is C6H14NOU-. The molecule has 54 valence electrons. The van der Waals surface area contributed by atoms with Crippen LogP contribution in [0.25, 0.3) is 0 Å². The van der Waals surface area contributed by atoms with Gasteiger partial charge in [0.1, 0.15) is 0 Å². The summed E-state index contributed by atoms with van der Waals surface area (Å²) in [5, 5.41) is 2.58. The van der Waals surface area contributed by atoms with Gasteiger partial charge in [-0.3, -0.25) is 4.79 Å². The molecule has 2 nitrogen and oxygen atoms in total. The fourth-order valence-electron chi connectivity index (χ4n) is 0.309. The van der Waals surface area contributed by atoms with Crippen LogP contribution in [0.1, 0.15) is 22.2 Å². The molecule has 0 bridgehead atoms.